The predicted molar refractivity (Wildman–Crippen MR) is 127 cm³/mol. The van der Waals surface area contributed by atoms with E-state index in [0.717, 1.165) is 28.7 Å². The van der Waals surface area contributed by atoms with E-state index in [4.69, 9.17) is 4.42 Å². The highest BCUT2D eigenvalue weighted by molar-refractivity contribution is 7.89. The summed E-state index contributed by atoms with van der Waals surface area (Å²) in [6, 6.07) is 7.69. The van der Waals surface area contributed by atoms with Crippen molar-refractivity contribution in [2.45, 2.75) is 37.7 Å². The lowest BCUT2D eigenvalue weighted by Crippen LogP contribution is -2.44. The Morgan fingerprint density at radius 3 is 2.50 bits per heavy atom. The third kappa shape index (κ3) is 5.97. The predicted octanol–water partition coefficient (Wildman–Crippen LogP) is 4.16. The summed E-state index contributed by atoms with van der Waals surface area (Å²) in [5.41, 5.74) is 0.0821. The van der Waals surface area contributed by atoms with Crippen LogP contribution in [0.4, 0.5) is 17.6 Å². The van der Waals surface area contributed by atoms with Crippen molar-refractivity contribution in [3.05, 3.63) is 72.2 Å². The number of fused-ring (bicyclic) bond motifs is 1. The Balaban J connectivity index is 1.45. The van der Waals surface area contributed by atoms with Crippen LogP contribution < -0.4 is 5.32 Å². The lowest BCUT2D eigenvalue weighted by Gasteiger charge is -2.24. The Hall–Kier alpha value is -3.91. The van der Waals surface area contributed by atoms with Crippen LogP contribution >= 0.6 is 0 Å². The van der Waals surface area contributed by atoms with Gasteiger partial charge in [-0.2, -0.15) is 17.5 Å². The summed E-state index contributed by atoms with van der Waals surface area (Å²) in [4.78, 5) is 24.1. The number of amides is 1. The number of furan rings is 1. The summed E-state index contributed by atoms with van der Waals surface area (Å²) < 4.78 is 84.5. The van der Waals surface area contributed by atoms with Gasteiger partial charge in [0.25, 0.3) is 10.0 Å². The minimum absolute atomic E-state index is 0.0989. The van der Waals surface area contributed by atoms with Crippen LogP contribution in [-0.4, -0.2) is 46.2 Å². The van der Waals surface area contributed by atoms with E-state index in [1.807, 2.05) is 0 Å². The number of pyridine rings is 1. The number of aromatic nitrogens is 3. The van der Waals surface area contributed by atoms with Crippen molar-refractivity contribution in [1.29, 1.82) is 0 Å². The molecule has 0 aliphatic carbocycles. The molecular formula is C24H21F4N5O4S. The number of hydrogen-bond acceptors (Lipinski definition) is 7. The number of alkyl halides is 3. The second-order valence-electron chi connectivity index (χ2n) is 8.49. The quantitative estimate of drug-likeness (QED) is 0.327. The Labute approximate surface area is 214 Å². The second-order valence-corrected chi connectivity index (χ2v) is 10.3. The van der Waals surface area contributed by atoms with Gasteiger partial charge in [-0.3, -0.25) is 9.78 Å². The Bertz CT molecular complexity index is 1570. The molecular weight excluding hydrogens is 530 g/mol. The molecule has 0 radical (unpaired) electrons. The van der Waals surface area contributed by atoms with Crippen molar-refractivity contribution >= 4 is 26.9 Å². The Morgan fingerprint density at radius 2 is 1.84 bits per heavy atom. The fourth-order valence-corrected chi connectivity index (χ4v) is 5.07. The van der Waals surface area contributed by atoms with E-state index in [0.29, 0.717) is 11.3 Å². The van der Waals surface area contributed by atoms with Gasteiger partial charge in [-0.05, 0) is 50.2 Å². The number of carbonyl (C=O) groups excluding carboxylic acids is 1. The number of sulfonamides is 1. The molecule has 1 N–H and O–H groups in total. The van der Waals surface area contributed by atoms with Gasteiger partial charge in [0.2, 0.25) is 11.0 Å². The molecule has 14 heteroatoms. The first-order valence-corrected chi connectivity index (χ1v) is 12.6. The summed E-state index contributed by atoms with van der Waals surface area (Å²) in [5, 5.41) is 2.41. The molecule has 1 amide bonds. The first-order chi connectivity index (χ1) is 17.8. The standard InChI is InChI=1S/C24H21F4N5O4S/c1-14(2)33(38(35,36)23-8-16-7-17(25)4-5-20(16)37-23)12-22(34)30-11-18-9-19(32-13-31-18)15-3-6-21(29-10-15)24(26,27)28/h3-10,13-14H,11-12H2,1-2H3,(H,30,34). The zero-order valence-corrected chi connectivity index (χ0v) is 20.8. The van der Waals surface area contributed by atoms with E-state index in [-0.39, 0.29) is 23.2 Å². The lowest BCUT2D eigenvalue weighted by molar-refractivity contribution is -0.141. The molecule has 38 heavy (non-hydrogen) atoms. The van der Waals surface area contributed by atoms with Gasteiger partial charge < -0.3 is 9.73 Å². The molecule has 4 aromatic rings. The number of carbonyl (C=O) groups is 1. The van der Waals surface area contributed by atoms with E-state index in [2.05, 4.69) is 20.3 Å². The third-order valence-electron chi connectivity index (χ3n) is 5.43. The van der Waals surface area contributed by atoms with Gasteiger partial charge in [-0.25, -0.2) is 22.8 Å². The number of halogens is 4. The van der Waals surface area contributed by atoms with Gasteiger partial charge in [0.15, 0.2) is 0 Å². The summed E-state index contributed by atoms with van der Waals surface area (Å²) in [7, 11) is -4.24. The molecule has 0 atom stereocenters. The molecule has 0 unspecified atom stereocenters. The molecule has 3 aromatic heterocycles. The number of nitrogens with one attached hydrogen (secondary N) is 1. The summed E-state index contributed by atoms with van der Waals surface area (Å²) in [5.74, 6) is -1.19. The van der Waals surface area contributed by atoms with Gasteiger partial charge in [-0.1, -0.05) is 0 Å². The normalized spacial score (nSPS) is 12.4. The number of rotatable bonds is 8. The fourth-order valence-electron chi connectivity index (χ4n) is 3.53. The molecule has 200 valence electrons. The van der Waals surface area contributed by atoms with Gasteiger partial charge in [-0.15, -0.1) is 0 Å². The minimum Gasteiger partial charge on any atom is -0.443 e. The van der Waals surface area contributed by atoms with Crippen LogP contribution in [0.3, 0.4) is 0 Å². The van der Waals surface area contributed by atoms with Crippen LogP contribution in [0.25, 0.3) is 22.2 Å². The Morgan fingerprint density at radius 1 is 1.08 bits per heavy atom. The lowest BCUT2D eigenvalue weighted by atomic mass is 10.1. The van der Waals surface area contributed by atoms with Gasteiger partial charge >= 0.3 is 6.18 Å². The maximum Gasteiger partial charge on any atom is 0.433 e. The highest BCUT2D eigenvalue weighted by Crippen LogP contribution is 2.29. The molecule has 1 aromatic carbocycles. The van der Waals surface area contributed by atoms with Crippen molar-refractivity contribution in [3.8, 4) is 11.3 Å². The van der Waals surface area contributed by atoms with E-state index in [1.165, 1.54) is 30.6 Å². The maximum atomic E-state index is 13.5. The Kier molecular flexibility index (Phi) is 7.47. The average molecular weight is 552 g/mol. The minimum atomic E-state index is -4.57. The van der Waals surface area contributed by atoms with E-state index in [1.54, 1.807) is 13.8 Å². The van der Waals surface area contributed by atoms with Crippen LogP contribution in [0, 0.1) is 5.82 Å². The molecule has 0 saturated carbocycles. The largest absolute Gasteiger partial charge is 0.443 e. The first kappa shape index (κ1) is 27.1. The number of benzene rings is 1. The maximum absolute atomic E-state index is 13.5. The van der Waals surface area contributed by atoms with Crippen molar-refractivity contribution in [2.24, 2.45) is 0 Å². The molecule has 9 nitrogen and oxygen atoms in total. The summed E-state index contributed by atoms with van der Waals surface area (Å²) >= 11 is 0. The van der Waals surface area contributed by atoms with Crippen LogP contribution in [0.2, 0.25) is 0 Å². The van der Waals surface area contributed by atoms with Crippen LogP contribution in [0.1, 0.15) is 25.2 Å². The van der Waals surface area contributed by atoms with Crippen LogP contribution in [-0.2, 0) is 27.5 Å². The number of nitrogens with zero attached hydrogens (tertiary/aromatic N) is 4. The molecule has 4 rings (SSSR count). The van der Waals surface area contributed by atoms with Crippen molar-refractivity contribution in [2.75, 3.05) is 6.54 Å². The fraction of sp³-hybridized carbons (Fsp3) is 0.250. The smallest absolute Gasteiger partial charge is 0.433 e. The second kappa shape index (κ2) is 10.5. The monoisotopic (exact) mass is 551 g/mol. The van der Waals surface area contributed by atoms with Gasteiger partial charge in [0.05, 0.1) is 24.5 Å². The van der Waals surface area contributed by atoms with Gasteiger partial charge in [0.1, 0.15) is 23.4 Å². The topological polar surface area (TPSA) is 118 Å². The summed E-state index contributed by atoms with van der Waals surface area (Å²) in [6.07, 6.45) is -2.35. The molecule has 3 heterocycles. The highest BCUT2D eigenvalue weighted by atomic mass is 32.2. The molecule has 0 aliphatic heterocycles. The van der Waals surface area contributed by atoms with E-state index >= 15 is 0 Å². The van der Waals surface area contributed by atoms with Crippen molar-refractivity contribution < 1.29 is 35.2 Å². The van der Waals surface area contributed by atoms with Crippen molar-refractivity contribution in [3.63, 3.8) is 0 Å². The molecule has 0 fully saturated rings. The van der Waals surface area contributed by atoms with Crippen LogP contribution in [0.15, 0.2) is 64.5 Å². The third-order valence-corrected chi connectivity index (χ3v) is 7.31. The van der Waals surface area contributed by atoms with Crippen molar-refractivity contribution in [1.82, 2.24) is 24.6 Å². The van der Waals surface area contributed by atoms with E-state index < -0.39 is 51.3 Å². The summed E-state index contributed by atoms with van der Waals surface area (Å²) in [6.45, 7) is 2.54. The molecule has 0 bridgehead atoms. The number of hydrogen-bond donors (Lipinski definition) is 1. The zero-order chi connectivity index (χ0) is 27.7. The molecule has 0 saturated heterocycles. The highest BCUT2D eigenvalue weighted by Gasteiger charge is 2.33. The first-order valence-electron chi connectivity index (χ1n) is 11.2. The average Bonchev–Trinajstić information content (AvgIpc) is 3.30. The van der Waals surface area contributed by atoms with Gasteiger partial charge in [0, 0.05) is 29.3 Å². The molecule has 0 aliphatic rings. The van der Waals surface area contributed by atoms with E-state index in [9.17, 15) is 30.8 Å². The SMILES string of the molecule is CC(C)N(CC(=O)NCc1cc(-c2ccc(C(F)(F)F)nc2)ncn1)S(=O)(=O)c1cc2cc(F)ccc2o1. The van der Waals surface area contributed by atoms with Crippen LogP contribution in [0.5, 0.6) is 0 Å². The molecule has 0 spiro atoms. The zero-order valence-electron chi connectivity index (χ0n) is 20.0.